The van der Waals surface area contributed by atoms with Crippen LogP contribution >= 0.6 is 0 Å². The molecule has 38 heavy (non-hydrogen) atoms. The third-order valence-electron chi connectivity index (χ3n) is 7.53. The van der Waals surface area contributed by atoms with E-state index >= 15 is 0 Å². The average molecular weight is 513 g/mol. The first-order valence-corrected chi connectivity index (χ1v) is 13.8. The first kappa shape index (κ1) is 27.4. The highest BCUT2D eigenvalue weighted by atomic mass is 16.5. The second-order valence-corrected chi connectivity index (χ2v) is 10.5. The Balaban J connectivity index is 1.61. The van der Waals surface area contributed by atoms with Crippen molar-refractivity contribution in [2.75, 3.05) is 6.61 Å². The van der Waals surface area contributed by atoms with Crippen molar-refractivity contribution in [3.8, 4) is 5.75 Å². The van der Waals surface area contributed by atoms with E-state index in [2.05, 4.69) is 11.4 Å². The van der Waals surface area contributed by atoms with Crippen molar-refractivity contribution in [3.05, 3.63) is 101 Å². The number of nitrogens with one attached hydrogen (secondary N) is 1. The van der Waals surface area contributed by atoms with Gasteiger partial charge in [0.05, 0.1) is 0 Å². The highest BCUT2D eigenvalue weighted by molar-refractivity contribution is 5.88. The van der Waals surface area contributed by atoms with Crippen LogP contribution in [0.1, 0.15) is 59.9 Å². The van der Waals surface area contributed by atoms with Gasteiger partial charge in [0.15, 0.2) is 6.61 Å². The lowest BCUT2D eigenvalue weighted by Crippen LogP contribution is -2.53. The number of hydrogen-bond acceptors (Lipinski definition) is 3. The van der Waals surface area contributed by atoms with E-state index in [0.717, 1.165) is 53.5 Å². The van der Waals surface area contributed by atoms with Crippen molar-refractivity contribution < 1.29 is 14.3 Å². The largest absolute Gasteiger partial charge is 0.483 e. The summed E-state index contributed by atoms with van der Waals surface area (Å²) in [6, 6.07) is 23.4. The topological polar surface area (TPSA) is 58.6 Å². The number of nitrogens with zero attached hydrogens (tertiary/aromatic N) is 1. The molecule has 1 aliphatic carbocycles. The molecule has 1 atom stereocenters. The van der Waals surface area contributed by atoms with Crippen LogP contribution in [0.15, 0.2) is 72.8 Å². The Morgan fingerprint density at radius 1 is 0.895 bits per heavy atom. The van der Waals surface area contributed by atoms with E-state index < -0.39 is 6.04 Å². The monoisotopic (exact) mass is 512 g/mol. The van der Waals surface area contributed by atoms with Gasteiger partial charge in [0.2, 0.25) is 5.91 Å². The summed E-state index contributed by atoms with van der Waals surface area (Å²) in [6.45, 7) is 6.29. The lowest BCUT2D eigenvalue weighted by atomic mass is 9.94. The fourth-order valence-corrected chi connectivity index (χ4v) is 5.25. The molecule has 1 N–H and O–H groups in total. The molecule has 0 aromatic heterocycles. The molecule has 1 saturated carbocycles. The minimum atomic E-state index is -0.643. The van der Waals surface area contributed by atoms with E-state index in [4.69, 9.17) is 4.74 Å². The van der Waals surface area contributed by atoms with E-state index in [-0.39, 0.29) is 24.5 Å². The highest BCUT2D eigenvalue weighted by Crippen LogP contribution is 2.24. The molecule has 0 heterocycles. The smallest absolute Gasteiger partial charge is 0.261 e. The summed E-state index contributed by atoms with van der Waals surface area (Å²) in [4.78, 5) is 29.4. The Hall–Kier alpha value is -3.60. The normalized spacial score (nSPS) is 14.5. The van der Waals surface area contributed by atoms with Gasteiger partial charge in [0.1, 0.15) is 11.8 Å². The quantitative estimate of drug-likeness (QED) is 0.358. The van der Waals surface area contributed by atoms with Crippen LogP contribution in [0.25, 0.3) is 0 Å². The molecular weight excluding hydrogens is 472 g/mol. The van der Waals surface area contributed by atoms with Gasteiger partial charge in [-0.25, -0.2) is 0 Å². The van der Waals surface area contributed by atoms with E-state index in [9.17, 15) is 9.59 Å². The second-order valence-electron chi connectivity index (χ2n) is 10.5. The van der Waals surface area contributed by atoms with Crippen molar-refractivity contribution in [1.29, 1.82) is 0 Å². The Kier molecular flexibility index (Phi) is 9.58. The first-order chi connectivity index (χ1) is 18.4. The molecule has 0 spiro atoms. The minimum absolute atomic E-state index is 0.0902. The lowest BCUT2D eigenvalue weighted by molar-refractivity contribution is -0.143. The van der Waals surface area contributed by atoms with Gasteiger partial charge in [0, 0.05) is 19.0 Å². The summed E-state index contributed by atoms with van der Waals surface area (Å²) in [5, 5.41) is 3.28. The van der Waals surface area contributed by atoms with Crippen LogP contribution in [0, 0.1) is 20.8 Å². The zero-order valence-corrected chi connectivity index (χ0v) is 22.9. The first-order valence-electron chi connectivity index (χ1n) is 13.8. The number of ether oxygens (including phenoxy) is 1. The summed E-state index contributed by atoms with van der Waals surface area (Å²) in [5.41, 5.74) is 5.24. The third kappa shape index (κ3) is 7.47. The molecule has 0 bridgehead atoms. The summed E-state index contributed by atoms with van der Waals surface area (Å²) in [6.07, 6.45) is 5.90. The number of rotatable bonds is 10. The third-order valence-corrected chi connectivity index (χ3v) is 7.53. The SMILES string of the molecule is Cc1cc(C)c(C)c(OCC(=O)N(Cc2ccccc2)[C@@H](Cc2ccccc2)C(=O)NC2CCCCC2)c1. The average Bonchev–Trinajstić information content (AvgIpc) is 2.93. The van der Waals surface area contributed by atoms with E-state index in [1.165, 1.54) is 6.42 Å². The molecule has 0 unspecified atom stereocenters. The van der Waals surface area contributed by atoms with Gasteiger partial charge in [-0.3, -0.25) is 9.59 Å². The van der Waals surface area contributed by atoms with Crippen molar-refractivity contribution >= 4 is 11.8 Å². The van der Waals surface area contributed by atoms with E-state index in [1.54, 1.807) is 4.90 Å². The van der Waals surface area contributed by atoms with Crippen LogP contribution < -0.4 is 10.1 Å². The number of amides is 2. The molecule has 3 aromatic rings. The Labute approximate surface area is 227 Å². The summed E-state index contributed by atoms with van der Waals surface area (Å²) in [7, 11) is 0. The van der Waals surface area contributed by atoms with Gasteiger partial charge in [-0.05, 0) is 67.5 Å². The van der Waals surface area contributed by atoms with Crippen LogP contribution in [-0.2, 0) is 22.6 Å². The maximum absolute atomic E-state index is 13.9. The van der Waals surface area contributed by atoms with Crippen LogP contribution in [0.3, 0.4) is 0 Å². The lowest BCUT2D eigenvalue weighted by Gasteiger charge is -2.33. The summed E-state index contributed by atoms with van der Waals surface area (Å²) in [5.74, 6) is 0.418. The fourth-order valence-electron chi connectivity index (χ4n) is 5.25. The minimum Gasteiger partial charge on any atom is -0.483 e. The van der Waals surface area contributed by atoms with Gasteiger partial charge in [-0.15, -0.1) is 0 Å². The Morgan fingerprint density at radius 2 is 1.53 bits per heavy atom. The molecule has 0 saturated heterocycles. The number of carbonyl (C=O) groups excluding carboxylic acids is 2. The van der Waals surface area contributed by atoms with Crippen LogP contribution in [0.2, 0.25) is 0 Å². The molecular formula is C33H40N2O3. The molecule has 2 amide bonds. The van der Waals surface area contributed by atoms with Crippen molar-refractivity contribution in [1.82, 2.24) is 10.2 Å². The van der Waals surface area contributed by atoms with E-state index in [0.29, 0.717) is 18.7 Å². The van der Waals surface area contributed by atoms with Crippen LogP contribution in [0.5, 0.6) is 5.75 Å². The van der Waals surface area contributed by atoms with Gasteiger partial charge < -0.3 is 15.0 Å². The molecule has 0 radical (unpaired) electrons. The van der Waals surface area contributed by atoms with E-state index in [1.807, 2.05) is 87.5 Å². The zero-order valence-electron chi connectivity index (χ0n) is 22.9. The van der Waals surface area contributed by atoms with Gasteiger partial charge >= 0.3 is 0 Å². The van der Waals surface area contributed by atoms with Crippen molar-refractivity contribution in [3.63, 3.8) is 0 Å². The highest BCUT2D eigenvalue weighted by Gasteiger charge is 2.32. The standard InChI is InChI=1S/C33H40N2O3/c1-24-19-25(2)26(3)31(20-24)38-23-32(36)35(22-28-15-9-5-10-16-28)30(21-27-13-7-4-8-14-27)33(37)34-29-17-11-6-12-18-29/h4-5,7-10,13-16,19-20,29-30H,6,11-12,17-18,21-23H2,1-3H3,(H,34,37)/t30-/m0/s1. The summed E-state index contributed by atoms with van der Waals surface area (Å²) >= 11 is 0. The number of benzene rings is 3. The number of carbonyl (C=O) groups is 2. The van der Waals surface area contributed by atoms with Gasteiger partial charge in [-0.1, -0.05) is 86.0 Å². The molecule has 3 aromatic carbocycles. The van der Waals surface area contributed by atoms with Gasteiger partial charge in [0.25, 0.3) is 5.91 Å². The predicted octanol–water partition coefficient (Wildman–Crippen LogP) is 6.08. The zero-order chi connectivity index (χ0) is 26.9. The van der Waals surface area contributed by atoms with Crippen molar-refractivity contribution in [2.24, 2.45) is 0 Å². The molecule has 4 rings (SSSR count). The number of hydrogen-bond donors (Lipinski definition) is 1. The second kappa shape index (κ2) is 13.3. The molecule has 0 aliphatic heterocycles. The maximum Gasteiger partial charge on any atom is 0.261 e. The molecule has 5 nitrogen and oxygen atoms in total. The Bertz CT molecular complexity index is 1200. The maximum atomic E-state index is 13.9. The van der Waals surface area contributed by atoms with Crippen LogP contribution in [0.4, 0.5) is 0 Å². The van der Waals surface area contributed by atoms with Crippen LogP contribution in [-0.4, -0.2) is 35.4 Å². The molecule has 5 heteroatoms. The number of aryl methyl sites for hydroxylation is 2. The van der Waals surface area contributed by atoms with Gasteiger partial charge in [-0.2, -0.15) is 0 Å². The molecule has 1 aliphatic rings. The molecule has 200 valence electrons. The summed E-state index contributed by atoms with van der Waals surface area (Å²) < 4.78 is 6.09. The van der Waals surface area contributed by atoms with Crippen molar-refractivity contribution in [2.45, 2.75) is 77.9 Å². The molecule has 1 fully saturated rings. The predicted molar refractivity (Wildman–Crippen MR) is 152 cm³/mol. The fraction of sp³-hybridized carbons (Fsp3) is 0.394. The Morgan fingerprint density at radius 3 is 2.18 bits per heavy atom.